The summed E-state index contributed by atoms with van der Waals surface area (Å²) < 4.78 is 32.0. The number of carbonyl (C=O) groups is 3. The Morgan fingerprint density at radius 3 is 2.31 bits per heavy atom. The molecule has 2 amide bonds. The molecule has 0 aliphatic carbocycles. The number of benzene rings is 2. The van der Waals surface area contributed by atoms with Crippen molar-refractivity contribution in [3.63, 3.8) is 0 Å². The molecule has 13 heteroatoms. The van der Waals surface area contributed by atoms with Gasteiger partial charge in [0, 0.05) is 22.8 Å². The topological polar surface area (TPSA) is 162 Å². The van der Waals surface area contributed by atoms with E-state index in [1.807, 2.05) is 60.7 Å². The van der Waals surface area contributed by atoms with Crippen molar-refractivity contribution < 1.29 is 27.5 Å². The summed E-state index contributed by atoms with van der Waals surface area (Å²) in [7, 11) is -4.08. The number of pyridine rings is 1. The summed E-state index contributed by atoms with van der Waals surface area (Å²) in [6.45, 7) is 3.08. The number of anilines is 1. The Bertz CT molecular complexity index is 1890. The zero-order valence-electron chi connectivity index (χ0n) is 24.3. The van der Waals surface area contributed by atoms with E-state index in [0.29, 0.717) is 16.3 Å². The van der Waals surface area contributed by atoms with Crippen LogP contribution in [0, 0.1) is 0 Å². The number of aromatic nitrogens is 2. The van der Waals surface area contributed by atoms with Crippen LogP contribution >= 0.6 is 11.3 Å². The number of carbonyl (C=O) groups excluding carboxylic acids is 3. The Morgan fingerprint density at radius 1 is 1.07 bits per heavy atom. The summed E-state index contributed by atoms with van der Waals surface area (Å²) in [6, 6.07) is 19.8. The number of hydrogen-bond donors (Lipinski definition) is 2. The number of nitrogens with two attached hydrogens (primary N) is 1. The molecule has 3 N–H and O–H groups in total. The molecule has 0 saturated carbocycles. The fourth-order valence-corrected chi connectivity index (χ4v) is 8.33. The highest BCUT2D eigenvalue weighted by atomic mass is 32.2. The summed E-state index contributed by atoms with van der Waals surface area (Å²) in [5, 5.41) is 1.80. The number of esters is 1. The second-order valence-corrected chi connectivity index (χ2v) is 14.9. The zero-order chi connectivity index (χ0) is 31.9. The average molecular weight is 644 g/mol. The lowest BCUT2D eigenvalue weighted by Crippen LogP contribution is -2.59. The number of nitrogens with one attached hydrogen (secondary N) is 1. The molecule has 2 aromatic heterocycles. The number of hydrogen-bond acceptors (Lipinski definition) is 10. The van der Waals surface area contributed by atoms with Gasteiger partial charge in [-0.1, -0.05) is 60.7 Å². The average Bonchev–Trinajstić information content (AvgIpc) is 3.52. The maximum atomic E-state index is 13.8. The van der Waals surface area contributed by atoms with E-state index in [-0.39, 0.29) is 23.4 Å². The fraction of sp³-hybridized carbons (Fsp3) is 0.219. The first-order valence-corrected chi connectivity index (χ1v) is 16.4. The molecule has 0 radical (unpaired) electrons. The van der Waals surface area contributed by atoms with Gasteiger partial charge in [0.15, 0.2) is 32.5 Å². The lowest BCUT2D eigenvalue weighted by Gasteiger charge is -2.38. The summed E-state index contributed by atoms with van der Waals surface area (Å²) in [5.41, 5.74) is 7.50. The van der Waals surface area contributed by atoms with Gasteiger partial charge in [-0.25, -0.2) is 18.2 Å². The standard InChI is InChI=1S/C32H29N5O6S2/c1-32(2)26(30(40)43-25(19-9-5-3-6-10-19)20-11-7-4-8-12-20)37-28(39)24(29(37)45(32,41)42)16-22-15-21(13-14-34-22)27(38)35-17-23-18-36-31(33)44-23/h3-16,18,25-26,29H,17H2,1-2H3,(H2,33,36)(H,35,38)/b24-16-/t26-,29?/m0/s1. The molecule has 0 bridgehead atoms. The first kappa shape index (κ1) is 30.2. The van der Waals surface area contributed by atoms with Crippen LogP contribution < -0.4 is 11.1 Å². The summed E-state index contributed by atoms with van der Waals surface area (Å²) in [6.07, 6.45) is 3.51. The van der Waals surface area contributed by atoms with Crippen LogP contribution in [-0.4, -0.2) is 57.2 Å². The molecule has 2 aliphatic rings. The molecular formula is C32H29N5O6S2. The molecule has 1 unspecified atom stereocenters. The van der Waals surface area contributed by atoms with E-state index >= 15 is 0 Å². The van der Waals surface area contributed by atoms with Crippen LogP contribution in [0.5, 0.6) is 0 Å². The number of β-lactam (4-membered cyclic amide) rings is 1. The number of ether oxygens (including phenoxy) is 1. The van der Waals surface area contributed by atoms with Gasteiger partial charge < -0.3 is 20.7 Å². The highest BCUT2D eigenvalue weighted by Gasteiger charge is 2.70. The molecule has 0 spiro atoms. The van der Waals surface area contributed by atoms with Crippen LogP contribution in [0.3, 0.4) is 0 Å². The Morgan fingerprint density at radius 2 is 1.71 bits per heavy atom. The van der Waals surface area contributed by atoms with Crippen molar-refractivity contribution in [2.24, 2.45) is 0 Å². The number of nitrogen functional groups attached to an aromatic ring is 1. The molecule has 2 aromatic carbocycles. The smallest absolute Gasteiger partial charge is 0.331 e. The summed E-state index contributed by atoms with van der Waals surface area (Å²) in [4.78, 5) is 50.1. The lowest BCUT2D eigenvalue weighted by atomic mass is 9.94. The third-order valence-electron chi connectivity index (χ3n) is 7.97. The first-order chi connectivity index (χ1) is 21.5. The molecule has 2 atom stereocenters. The van der Waals surface area contributed by atoms with Crippen molar-refractivity contribution in [3.05, 3.63) is 118 Å². The van der Waals surface area contributed by atoms with E-state index in [1.54, 1.807) is 6.20 Å². The van der Waals surface area contributed by atoms with Gasteiger partial charge in [0.05, 0.1) is 17.8 Å². The van der Waals surface area contributed by atoms with Crippen molar-refractivity contribution in [1.82, 2.24) is 20.2 Å². The van der Waals surface area contributed by atoms with Gasteiger partial charge in [-0.3, -0.25) is 14.6 Å². The lowest BCUT2D eigenvalue weighted by molar-refractivity contribution is -0.160. The number of rotatable bonds is 8. The number of fused-ring (bicyclic) bond motifs is 1. The minimum atomic E-state index is -4.08. The SMILES string of the molecule is CC1(C)[C@H](C(=O)OC(c2ccccc2)c2ccccc2)N2C(=O)/C(=C/c3cc(C(=O)NCc4cnc(N)s4)ccn3)C2S1(=O)=O. The molecule has 4 heterocycles. The van der Waals surface area contributed by atoms with Gasteiger partial charge in [0.1, 0.15) is 4.75 Å². The van der Waals surface area contributed by atoms with Crippen molar-refractivity contribution in [2.75, 3.05) is 5.73 Å². The predicted molar refractivity (Wildman–Crippen MR) is 168 cm³/mol. The number of thiazole rings is 1. The van der Waals surface area contributed by atoms with Crippen molar-refractivity contribution >= 4 is 50.2 Å². The van der Waals surface area contributed by atoms with Crippen LogP contribution in [-0.2, 0) is 30.7 Å². The van der Waals surface area contributed by atoms with E-state index in [4.69, 9.17) is 10.5 Å². The normalized spacial score (nSPS) is 20.5. The first-order valence-electron chi connectivity index (χ1n) is 14.0. The Balaban J connectivity index is 1.25. The highest BCUT2D eigenvalue weighted by molar-refractivity contribution is 7.94. The Kier molecular flexibility index (Phi) is 7.75. The summed E-state index contributed by atoms with van der Waals surface area (Å²) >= 11 is 1.26. The van der Waals surface area contributed by atoms with E-state index in [9.17, 15) is 22.8 Å². The molecule has 6 rings (SSSR count). The van der Waals surface area contributed by atoms with Crippen LogP contribution in [0.15, 0.2) is 90.8 Å². The van der Waals surface area contributed by atoms with Gasteiger partial charge in [-0.2, -0.15) is 0 Å². The largest absolute Gasteiger partial charge is 0.451 e. The minimum absolute atomic E-state index is 0.0359. The van der Waals surface area contributed by atoms with Gasteiger partial charge >= 0.3 is 5.97 Å². The van der Waals surface area contributed by atoms with E-state index in [1.165, 1.54) is 49.6 Å². The second kappa shape index (κ2) is 11.6. The second-order valence-electron chi connectivity index (χ2n) is 11.2. The molecule has 230 valence electrons. The van der Waals surface area contributed by atoms with Crippen molar-refractivity contribution in [1.29, 1.82) is 0 Å². The third-order valence-corrected chi connectivity index (χ3v) is 11.6. The summed E-state index contributed by atoms with van der Waals surface area (Å²) in [5.74, 6) is -1.84. The fourth-order valence-electron chi connectivity index (χ4n) is 5.59. The molecule has 2 aliphatic heterocycles. The number of nitrogens with zero attached hydrogens (tertiary/aromatic N) is 3. The molecule has 11 nitrogen and oxygen atoms in total. The quantitative estimate of drug-likeness (QED) is 0.166. The zero-order valence-corrected chi connectivity index (χ0v) is 25.9. The number of amides is 2. The van der Waals surface area contributed by atoms with Crippen LogP contribution in [0.1, 0.15) is 52.0 Å². The predicted octanol–water partition coefficient (Wildman–Crippen LogP) is 3.51. The van der Waals surface area contributed by atoms with Crippen LogP contribution in [0.4, 0.5) is 5.13 Å². The molecular weight excluding hydrogens is 615 g/mol. The highest BCUT2D eigenvalue weighted by Crippen LogP contribution is 2.49. The van der Waals surface area contributed by atoms with Crippen molar-refractivity contribution in [2.45, 2.75) is 42.7 Å². The van der Waals surface area contributed by atoms with E-state index < -0.39 is 49.9 Å². The molecule has 4 aromatic rings. The minimum Gasteiger partial charge on any atom is -0.451 e. The van der Waals surface area contributed by atoms with Gasteiger partial charge in [0.25, 0.3) is 11.8 Å². The third kappa shape index (κ3) is 5.38. The molecule has 2 fully saturated rings. The van der Waals surface area contributed by atoms with Gasteiger partial charge in [0.2, 0.25) is 0 Å². The van der Waals surface area contributed by atoms with Crippen LogP contribution in [0.25, 0.3) is 6.08 Å². The maximum absolute atomic E-state index is 13.8. The van der Waals surface area contributed by atoms with Gasteiger partial charge in [-0.05, 0) is 43.2 Å². The van der Waals surface area contributed by atoms with Crippen LogP contribution in [0.2, 0.25) is 0 Å². The van der Waals surface area contributed by atoms with E-state index in [0.717, 1.165) is 9.78 Å². The monoisotopic (exact) mass is 643 g/mol. The Hall–Kier alpha value is -4.88. The number of sulfone groups is 1. The van der Waals surface area contributed by atoms with E-state index in [2.05, 4.69) is 15.3 Å². The Labute approximate surface area is 263 Å². The maximum Gasteiger partial charge on any atom is 0.331 e. The molecule has 2 saturated heterocycles. The van der Waals surface area contributed by atoms with Gasteiger partial charge in [-0.15, -0.1) is 11.3 Å². The van der Waals surface area contributed by atoms with Crippen molar-refractivity contribution in [3.8, 4) is 0 Å². The molecule has 45 heavy (non-hydrogen) atoms.